The molecular formula is C14H28N2. The van der Waals surface area contributed by atoms with E-state index in [0.29, 0.717) is 5.54 Å². The highest BCUT2D eigenvalue weighted by molar-refractivity contribution is 4.97. The highest BCUT2D eigenvalue weighted by Gasteiger charge is 2.40. The molecule has 0 amide bonds. The van der Waals surface area contributed by atoms with E-state index >= 15 is 0 Å². The van der Waals surface area contributed by atoms with Crippen LogP contribution in [-0.2, 0) is 0 Å². The number of rotatable bonds is 2. The summed E-state index contributed by atoms with van der Waals surface area (Å²) in [6.07, 6.45) is 7.13. The second kappa shape index (κ2) is 5.05. The standard InChI is InChI=1S/C14H28N2/c1-4-16-10-6-5-7-14(16)8-11-15(12-9-14)13(2)3/h13H,4-12H2,1-3H3. The quantitative estimate of drug-likeness (QED) is 0.711. The Labute approximate surface area is 101 Å². The van der Waals surface area contributed by atoms with Crippen molar-refractivity contribution < 1.29 is 0 Å². The van der Waals surface area contributed by atoms with Crippen molar-refractivity contribution in [2.45, 2.75) is 64.5 Å². The van der Waals surface area contributed by atoms with Crippen LogP contribution in [-0.4, -0.2) is 47.6 Å². The van der Waals surface area contributed by atoms with Gasteiger partial charge >= 0.3 is 0 Å². The maximum absolute atomic E-state index is 2.77. The van der Waals surface area contributed by atoms with E-state index in [-0.39, 0.29) is 0 Å². The Morgan fingerprint density at radius 2 is 1.69 bits per heavy atom. The Balaban J connectivity index is 1.98. The summed E-state index contributed by atoms with van der Waals surface area (Å²) < 4.78 is 0. The van der Waals surface area contributed by atoms with Gasteiger partial charge in [0, 0.05) is 24.7 Å². The van der Waals surface area contributed by atoms with Gasteiger partial charge in [-0.1, -0.05) is 13.3 Å². The van der Waals surface area contributed by atoms with Crippen molar-refractivity contribution in [3.05, 3.63) is 0 Å². The van der Waals surface area contributed by atoms with E-state index in [1.165, 1.54) is 58.3 Å². The van der Waals surface area contributed by atoms with E-state index in [0.717, 1.165) is 6.04 Å². The zero-order chi connectivity index (χ0) is 11.6. The maximum Gasteiger partial charge on any atom is 0.0233 e. The Hall–Kier alpha value is -0.0800. The molecule has 94 valence electrons. The predicted molar refractivity (Wildman–Crippen MR) is 69.8 cm³/mol. The summed E-state index contributed by atoms with van der Waals surface area (Å²) in [5, 5.41) is 0. The van der Waals surface area contributed by atoms with E-state index in [4.69, 9.17) is 0 Å². The Bertz CT molecular complexity index is 217. The smallest absolute Gasteiger partial charge is 0.0233 e. The van der Waals surface area contributed by atoms with Crippen LogP contribution in [0.4, 0.5) is 0 Å². The minimum absolute atomic E-state index is 0.582. The Morgan fingerprint density at radius 3 is 2.25 bits per heavy atom. The molecule has 16 heavy (non-hydrogen) atoms. The monoisotopic (exact) mass is 224 g/mol. The van der Waals surface area contributed by atoms with E-state index in [1.54, 1.807) is 0 Å². The van der Waals surface area contributed by atoms with Gasteiger partial charge in [-0.3, -0.25) is 4.90 Å². The van der Waals surface area contributed by atoms with Crippen molar-refractivity contribution in [1.29, 1.82) is 0 Å². The van der Waals surface area contributed by atoms with Gasteiger partial charge in [0.05, 0.1) is 0 Å². The highest BCUT2D eigenvalue weighted by Crippen LogP contribution is 2.37. The molecule has 2 saturated heterocycles. The molecule has 2 heteroatoms. The molecule has 2 rings (SSSR count). The number of nitrogens with zero attached hydrogens (tertiary/aromatic N) is 2. The van der Waals surface area contributed by atoms with Crippen molar-refractivity contribution in [2.75, 3.05) is 26.2 Å². The van der Waals surface area contributed by atoms with Crippen LogP contribution < -0.4 is 0 Å². The summed E-state index contributed by atoms with van der Waals surface area (Å²) in [6, 6.07) is 0.732. The molecule has 0 unspecified atom stereocenters. The van der Waals surface area contributed by atoms with E-state index in [1.807, 2.05) is 0 Å². The van der Waals surface area contributed by atoms with Crippen LogP contribution in [0.25, 0.3) is 0 Å². The lowest BCUT2D eigenvalue weighted by atomic mass is 9.78. The summed E-state index contributed by atoms with van der Waals surface area (Å²) >= 11 is 0. The highest BCUT2D eigenvalue weighted by atomic mass is 15.2. The van der Waals surface area contributed by atoms with Gasteiger partial charge < -0.3 is 4.90 Å². The normalized spacial score (nSPS) is 27.8. The van der Waals surface area contributed by atoms with Gasteiger partial charge in [0.1, 0.15) is 0 Å². The molecule has 0 radical (unpaired) electrons. The fourth-order valence-corrected chi connectivity index (χ4v) is 3.67. The Morgan fingerprint density at radius 1 is 1.00 bits per heavy atom. The van der Waals surface area contributed by atoms with Gasteiger partial charge in [0.2, 0.25) is 0 Å². The molecule has 0 N–H and O–H groups in total. The molecule has 2 aliphatic rings. The topological polar surface area (TPSA) is 6.48 Å². The second-order valence-corrected chi connectivity index (χ2v) is 5.89. The van der Waals surface area contributed by atoms with Crippen LogP contribution in [0, 0.1) is 0 Å². The van der Waals surface area contributed by atoms with E-state index in [9.17, 15) is 0 Å². The SMILES string of the molecule is CCN1CCCCC12CCN(C(C)C)CC2. The summed E-state index contributed by atoms with van der Waals surface area (Å²) in [7, 11) is 0. The summed E-state index contributed by atoms with van der Waals surface area (Å²) in [5.74, 6) is 0. The first-order valence-electron chi connectivity index (χ1n) is 7.17. The molecule has 0 aliphatic carbocycles. The maximum atomic E-state index is 2.77. The first-order chi connectivity index (χ1) is 7.68. The molecule has 2 nitrogen and oxygen atoms in total. The third kappa shape index (κ3) is 2.28. The lowest BCUT2D eigenvalue weighted by Gasteiger charge is -2.52. The molecule has 0 aromatic rings. The molecule has 0 saturated carbocycles. The van der Waals surface area contributed by atoms with Crippen LogP contribution in [0.5, 0.6) is 0 Å². The lowest BCUT2D eigenvalue weighted by Crippen LogP contribution is -2.58. The molecule has 0 atom stereocenters. The van der Waals surface area contributed by atoms with Crippen molar-refractivity contribution in [3.8, 4) is 0 Å². The van der Waals surface area contributed by atoms with E-state index in [2.05, 4.69) is 30.6 Å². The molecule has 0 aromatic carbocycles. The molecule has 2 heterocycles. The second-order valence-electron chi connectivity index (χ2n) is 5.89. The van der Waals surface area contributed by atoms with Gasteiger partial charge in [0.25, 0.3) is 0 Å². The largest absolute Gasteiger partial charge is 0.301 e. The molecule has 0 aromatic heterocycles. The first kappa shape index (κ1) is 12.4. The summed E-state index contributed by atoms with van der Waals surface area (Å²) in [4.78, 5) is 5.42. The van der Waals surface area contributed by atoms with E-state index < -0.39 is 0 Å². The van der Waals surface area contributed by atoms with Gasteiger partial charge in [-0.25, -0.2) is 0 Å². The zero-order valence-corrected chi connectivity index (χ0v) is 11.3. The molecule has 0 bridgehead atoms. The van der Waals surface area contributed by atoms with Gasteiger partial charge in [0.15, 0.2) is 0 Å². The summed E-state index contributed by atoms with van der Waals surface area (Å²) in [6.45, 7) is 12.2. The van der Waals surface area contributed by atoms with Gasteiger partial charge in [-0.15, -0.1) is 0 Å². The third-order valence-electron chi connectivity index (χ3n) is 4.83. The molecule has 1 spiro atoms. The van der Waals surface area contributed by atoms with Gasteiger partial charge in [-0.05, 0) is 52.6 Å². The van der Waals surface area contributed by atoms with Crippen molar-refractivity contribution in [3.63, 3.8) is 0 Å². The minimum Gasteiger partial charge on any atom is -0.301 e. The fraction of sp³-hybridized carbons (Fsp3) is 1.00. The Kier molecular flexibility index (Phi) is 3.91. The lowest BCUT2D eigenvalue weighted by molar-refractivity contribution is -0.0110. The summed E-state index contributed by atoms with van der Waals surface area (Å²) in [5.41, 5.74) is 0.582. The van der Waals surface area contributed by atoms with Crippen LogP contribution in [0.15, 0.2) is 0 Å². The van der Waals surface area contributed by atoms with Crippen molar-refractivity contribution >= 4 is 0 Å². The molecule has 2 fully saturated rings. The van der Waals surface area contributed by atoms with Crippen LogP contribution in [0.2, 0.25) is 0 Å². The third-order valence-corrected chi connectivity index (χ3v) is 4.83. The van der Waals surface area contributed by atoms with Crippen LogP contribution in [0.1, 0.15) is 52.9 Å². The number of hydrogen-bond donors (Lipinski definition) is 0. The predicted octanol–water partition coefficient (Wildman–Crippen LogP) is 2.74. The molecular weight excluding hydrogens is 196 g/mol. The average molecular weight is 224 g/mol. The van der Waals surface area contributed by atoms with Crippen molar-refractivity contribution in [2.24, 2.45) is 0 Å². The van der Waals surface area contributed by atoms with Crippen LogP contribution >= 0.6 is 0 Å². The van der Waals surface area contributed by atoms with Crippen molar-refractivity contribution in [1.82, 2.24) is 9.80 Å². The number of likely N-dealkylation sites (tertiary alicyclic amines) is 2. The fourth-order valence-electron chi connectivity index (χ4n) is 3.67. The van der Waals surface area contributed by atoms with Crippen LogP contribution in [0.3, 0.4) is 0 Å². The minimum atomic E-state index is 0.582. The number of hydrogen-bond acceptors (Lipinski definition) is 2. The molecule has 2 aliphatic heterocycles. The average Bonchev–Trinajstić information content (AvgIpc) is 2.30. The zero-order valence-electron chi connectivity index (χ0n) is 11.3. The van der Waals surface area contributed by atoms with Gasteiger partial charge in [-0.2, -0.15) is 0 Å². The number of piperidine rings is 2. The first-order valence-corrected chi connectivity index (χ1v) is 7.17.